The molecule has 2 N–H and O–H groups in total. The fourth-order valence-electron chi connectivity index (χ4n) is 9.01. The highest BCUT2D eigenvalue weighted by molar-refractivity contribution is 9.10. The van der Waals surface area contributed by atoms with Crippen LogP contribution in [0, 0.1) is 43.4 Å². The molecule has 360 valence electrons. The van der Waals surface area contributed by atoms with Crippen molar-refractivity contribution in [2.45, 2.75) is 77.4 Å². The van der Waals surface area contributed by atoms with E-state index in [0.717, 1.165) is 43.7 Å². The Labute approximate surface area is 397 Å². The van der Waals surface area contributed by atoms with Crippen LogP contribution < -0.4 is 25.0 Å². The summed E-state index contributed by atoms with van der Waals surface area (Å²) in [6, 6.07) is 13.8. The highest BCUT2D eigenvalue weighted by Gasteiger charge is 2.44. The van der Waals surface area contributed by atoms with Crippen LogP contribution in [-0.4, -0.2) is 94.5 Å². The molecule has 4 bridgehead atoms. The van der Waals surface area contributed by atoms with Gasteiger partial charge < -0.3 is 33.8 Å². The maximum absolute atomic E-state index is 13.1. The quantitative estimate of drug-likeness (QED) is 0.128. The van der Waals surface area contributed by atoms with Gasteiger partial charge in [-0.1, -0.05) is 45.5 Å². The monoisotopic (exact) mass is 1050 g/mol. The molecule has 0 radical (unpaired) electrons. The SMILES string of the molecule is Cc1nnc(N2CC3CCC(C2)C3Cc2nc(Oc3cccc(Cl)c3)n(CC(F)(F)F)n2)o1.Cc1nnc(N2CC3CCC(C2)C3N)o1.FC(F)(F)Cn1nc(Br)nc1Oc1cccc(Cl)c1. The summed E-state index contributed by atoms with van der Waals surface area (Å²) in [7, 11) is 0. The normalized spacial score (nSPS) is 22.3. The zero-order chi connectivity index (χ0) is 47.6. The molecule has 10 rings (SSSR count). The third kappa shape index (κ3) is 12.7. The molecule has 2 saturated heterocycles. The van der Waals surface area contributed by atoms with E-state index in [-0.39, 0.29) is 28.4 Å². The van der Waals surface area contributed by atoms with Crippen molar-refractivity contribution in [2.75, 3.05) is 36.0 Å². The Bertz CT molecular complexity index is 2580. The van der Waals surface area contributed by atoms with Gasteiger partial charge in [0.05, 0.1) is 0 Å². The van der Waals surface area contributed by atoms with Gasteiger partial charge in [-0.05, 0) is 108 Å². The Morgan fingerprint density at radius 1 is 0.672 bits per heavy atom. The van der Waals surface area contributed by atoms with Gasteiger partial charge in [0.25, 0.3) is 0 Å². The van der Waals surface area contributed by atoms with E-state index in [0.29, 0.717) is 86.2 Å². The number of ether oxygens (including phenoxy) is 2. The summed E-state index contributed by atoms with van der Waals surface area (Å²) in [6.07, 6.45) is -3.82. The van der Waals surface area contributed by atoms with Crippen molar-refractivity contribution < 1.29 is 44.7 Å². The Hall–Kier alpha value is -5.20. The number of hydrogen-bond donors (Lipinski definition) is 1. The third-order valence-corrected chi connectivity index (χ3v) is 12.7. The van der Waals surface area contributed by atoms with Crippen LogP contribution in [0.2, 0.25) is 10.0 Å². The average molecular weight is 1050 g/mol. The molecule has 0 amide bonds. The number of nitrogens with zero attached hydrogens (tertiary/aromatic N) is 12. The lowest BCUT2D eigenvalue weighted by Gasteiger charge is -2.36. The smallest absolute Gasteiger partial charge is 0.408 e. The highest BCUT2D eigenvalue weighted by Crippen LogP contribution is 2.45. The summed E-state index contributed by atoms with van der Waals surface area (Å²) in [4.78, 5) is 12.3. The molecule has 67 heavy (non-hydrogen) atoms. The molecule has 6 aromatic rings. The number of aromatic nitrogens is 10. The summed E-state index contributed by atoms with van der Waals surface area (Å²) in [5, 5.41) is 24.5. The number of nitrogens with two attached hydrogens (primary N) is 1. The minimum absolute atomic E-state index is 0.00813. The molecule has 0 spiro atoms. The lowest BCUT2D eigenvalue weighted by atomic mass is 9.82. The Balaban J connectivity index is 0.000000151. The second-order valence-corrected chi connectivity index (χ2v) is 18.4. The number of halogens is 9. The first-order valence-electron chi connectivity index (χ1n) is 21.2. The van der Waals surface area contributed by atoms with Gasteiger partial charge >= 0.3 is 36.4 Å². The molecule has 2 aliphatic heterocycles. The van der Waals surface area contributed by atoms with E-state index in [1.165, 1.54) is 25.0 Å². The summed E-state index contributed by atoms with van der Waals surface area (Å²) in [6.45, 7) is 4.47. The van der Waals surface area contributed by atoms with Crippen molar-refractivity contribution in [3.8, 4) is 23.5 Å². The molecule has 4 unspecified atom stereocenters. The van der Waals surface area contributed by atoms with Crippen molar-refractivity contribution in [3.63, 3.8) is 0 Å². The van der Waals surface area contributed by atoms with Gasteiger partial charge in [-0.25, -0.2) is 9.36 Å². The minimum atomic E-state index is -4.45. The van der Waals surface area contributed by atoms with Gasteiger partial charge in [0.2, 0.25) is 16.5 Å². The summed E-state index contributed by atoms with van der Waals surface area (Å²) < 4.78 is 99.8. The number of benzene rings is 2. The lowest BCUT2D eigenvalue weighted by molar-refractivity contribution is -0.144. The van der Waals surface area contributed by atoms with Gasteiger partial charge in [-0.2, -0.15) is 41.4 Å². The molecule has 17 nitrogen and oxygen atoms in total. The molecule has 4 aliphatic rings. The predicted octanol–water partition coefficient (Wildman–Crippen LogP) is 9.28. The molecular formula is C41H44BrCl2F6N13O4. The number of anilines is 2. The number of aryl methyl sites for hydroxylation is 2. The molecule has 4 fully saturated rings. The second-order valence-electron chi connectivity index (χ2n) is 16.8. The summed E-state index contributed by atoms with van der Waals surface area (Å²) >= 11 is 14.6. The molecule has 2 aromatic carbocycles. The van der Waals surface area contributed by atoms with Crippen molar-refractivity contribution in [1.29, 1.82) is 0 Å². The first-order valence-corrected chi connectivity index (χ1v) is 22.8. The van der Waals surface area contributed by atoms with E-state index in [1.807, 2.05) is 6.92 Å². The van der Waals surface area contributed by atoms with Gasteiger partial charge in [0.1, 0.15) is 24.6 Å². The van der Waals surface area contributed by atoms with E-state index in [2.05, 4.69) is 66.3 Å². The fraction of sp³-hybridized carbons (Fsp3) is 0.512. The van der Waals surface area contributed by atoms with Gasteiger partial charge in [0.15, 0.2) is 5.82 Å². The average Bonchev–Trinajstić information content (AvgIpc) is 4.09. The number of fused-ring (bicyclic) bond motifs is 4. The van der Waals surface area contributed by atoms with Crippen LogP contribution in [0.1, 0.15) is 43.3 Å². The Morgan fingerprint density at radius 3 is 1.57 bits per heavy atom. The predicted molar refractivity (Wildman–Crippen MR) is 233 cm³/mol. The summed E-state index contributed by atoms with van der Waals surface area (Å²) in [5.74, 6) is 4.26. The largest absolute Gasteiger partial charge is 0.424 e. The number of alkyl halides is 6. The topological polar surface area (TPSA) is 190 Å². The van der Waals surface area contributed by atoms with Crippen LogP contribution in [-0.2, 0) is 19.5 Å². The van der Waals surface area contributed by atoms with E-state index in [4.69, 9.17) is 47.2 Å². The van der Waals surface area contributed by atoms with Crippen LogP contribution in [0.15, 0.2) is 62.1 Å². The number of rotatable bonds is 10. The maximum Gasteiger partial charge on any atom is 0.408 e. The lowest BCUT2D eigenvalue weighted by Crippen LogP contribution is -2.48. The second kappa shape index (κ2) is 20.2. The van der Waals surface area contributed by atoms with Crippen molar-refractivity contribution in [1.82, 2.24) is 49.9 Å². The van der Waals surface area contributed by atoms with Crippen LogP contribution >= 0.6 is 39.1 Å². The molecule has 2 aliphatic carbocycles. The fourth-order valence-corrected chi connectivity index (χ4v) is 9.72. The Morgan fingerprint density at radius 2 is 1.12 bits per heavy atom. The third-order valence-electron chi connectivity index (χ3n) is 11.9. The van der Waals surface area contributed by atoms with E-state index >= 15 is 0 Å². The molecule has 2 saturated carbocycles. The van der Waals surface area contributed by atoms with Crippen LogP contribution in [0.5, 0.6) is 23.5 Å². The van der Waals surface area contributed by atoms with Crippen molar-refractivity contribution in [2.24, 2.45) is 35.3 Å². The van der Waals surface area contributed by atoms with E-state index in [9.17, 15) is 26.3 Å². The molecule has 4 atom stereocenters. The first kappa shape index (κ1) is 48.3. The molecular weight excluding hydrogens is 1000 g/mol. The Kier molecular flexibility index (Phi) is 14.5. The summed E-state index contributed by atoms with van der Waals surface area (Å²) in [5.41, 5.74) is 6.14. The zero-order valence-corrected chi connectivity index (χ0v) is 38.9. The van der Waals surface area contributed by atoms with Crippen LogP contribution in [0.25, 0.3) is 0 Å². The highest BCUT2D eigenvalue weighted by atomic mass is 79.9. The van der Waals surface area contributed by atoms with Gasteiger partial charge in [0, 0.05) is 62.5 Å². The first-order chi connectivity index (χ1) is 31.8. The van der Waals surface area contributed by atoms with Crippen LogP contribution in [0.3, 0.4) is 0 Å². The maximum atomic E-state index is 13.1. The minimum Gasteiger partial charge on any atom is -0.424 e. The number of piperidine rings is 2. The zero-order valence-electron chi connectivity index (χ0n) is 35.8. The van der Waals surface area contributed by atoms with Crippen molar-refractivity contribution in [3.05, 3.63) is 80.9 Å². The molecule has 26 heteroatoms. The van der Waals surface area contributed by atoms with E-state index in [1.54, 1.807) is 43.3 Å². The number of hydrogen-bond acceptors (Lipinski definition) is 15. The van der Waals surface area contributed by atoms with Gasteiger partial charge in [-0.15, -0.1) is 15.3 Å². The van der Waals surface area contributed by atoms with Crippen LogP contribution in [0.4, 0.5) is 38.4 Å². The van der Waals surface area contributed by atoms with Gasteiger partial charge in [-0.3, -0.25) is 0 Å². The molecule has 6 heterocycles. The standard InChI is InChI=1S/C21H22ClF3N6O2.C10H6BrClF3N3O.C10H16N4O/c1-12-27-28-20(32-12)30-9-13-5-6-14(10-30)17(13)8-18-26-19(31(29-18)11-21(23,24)25)33-16-4-2-3-15(22)7-16;11-8-16-9(18(17-8)5-10(13,14)15)19-7-3-1-2-6(12)4-7;1-6-12-13-10(15-6)14-4-7-2-3-8(5-14)9(7)11/h2-4,7,13-14,17H,5-6,8-11H2,1H3;1-4H,5H2;7-9H,2-5,11H2,1H3. The van der Waals surface area contributed by atoms with Crippen molar-refractivity contribution >= 4 is 51.2 Å². The van der Waals surface area contributed by atoms with E-state index < -0.39 is 25.4 Å². The molecule has 4 aromatic heterocycles.